The second-order valence-corrected chi connectivity index (χ2v) is 7.93. The number of para-hydroxylation sites is 1. The predicted molar refractivity (Wildman–Crippen MR) is 94.4 cm³/mol. The largest absolute Gasteiger partial charge is 0.447 e. The molecule has 0 atom stereocenters. The highest BCUT2D eigenvalue weighted by molar-refractivity contribution is 7.92. The Hall–Kier alpha value is -2.54. The number of fused-ring (bicyclic) bond motifs is 1. The Labute approximate surface area is 146 Å². The van der Waals surface area contributed by atoms with E-state index in [0.29, 0.717) is 25.4 Å². The first-order valence-electron chi connectivity index (χ1n) is 8.22. The zero-order valence-electron chi connectivity index (χ0n) is 13.6. The molecule has 2 aromatic rings. The van der Waals surface area contributed by atoms with Gasteiger partial charge in [0.2, 0.25) is 0 Å². The highest BCUT2D eigenvalue weighted by Gasteiger charge is 2.29. The van der Waals surface area contributed by atoms with Crippen LogP contribution in [0.2, 0.25) is 0 Å². The standard InChI is InChI=1S/C18H18N2O4S/c21-18-19(12-13-24-18)15-7-9-16(10-8-15)25(22,23)20-11-3-5-14-4-1-2-6-17(14)20/h1-2,4,6-10H,3,5,11-13H2. The molecule has 25 heavy (non-hydrogen) atoms. The molecule has 2 heterocycles. The topological polar surface area (TPSA) is 66.9 Å². The fraction of sp³-hybridized carbons (Fsp3) is 0.278. The molecule has 6 nitrogen and oxygen atoms in total. The summed E-state index contributed by atoms with van der Waals surface area (Å²) in [5.74, 6) is 0. The van der Waals surface area contributed by atoms with Gasteiger partial charge in [-0.25, -0.2) is 13.2 Å². The Kier molecular flexibility index (Phi) is 3.88. The first-order valence-corrected chi connectivity index (χ1v) is 9.66. The zero-order valence-corrected chi connectivity index (χ0v) is 14.4. The molecule has 0 spiro atoms. The van der Waals surface area contributed by atoms with E-state index in [1.165, 1.54) is 9.21 Å². The van der Waals surface area contributed by atoms with Gasteiger partial charge in [-0.1, -0.05) is 18.2 Å². The van der Waals surface area contributed by atoms with E-state index < -0.39 is 16.1 Å². The molecule has 1 fully saturated rings. The molecular weight excluding hydrogens is 340 g/mol. The first kappa shape index (κ1) is 16.0. The van der Waals surface area contributed by atoms with Crippen LogP contribution in [0, 0.1) is 0 Å². The van der Waals surface area contributed by atoms with Gasteiger partial charge in [0.25, 0.3) is 10.0 Å². The van der Waals surface area contributed by atoms with Crippen molar-refractivity contribution in [2.75, 3.05) is 28.9 Å². The molecule has 2 aliphatic heterocycles. The van der Waals surface area contributed by atoms with Gasteiger partial charge in [-0.15, -0.1) is 0 Å². The number of carbonyl (C=O) groups is 1. The van der Waals surface area contributed by atoms with E-state index in [4.69, 9.17) is 4.74 Å². The number of amides is 1. The molecule has 0 aliphatic carbocycles. The lowest BCUT2D eigenvalue weighted by Gasteiger charge is -2.30. The van der Waals surface area contributed by atoms with Crippen LogP contribution in [0.5, 0.6) is 0 Å². The lowest BCUT2D eigenvalue weighted by atomic mass is 10.0. The summed E-state index contributed by atoms with van der Waals surface area (Å²) in [4.78, 5) is 13.3. The molecule has 4 rings (SSSR count). The van der Waals surface area contributed by atoms with E-state index in [9.17, 15) is 13.2 Å². The third-order valence-electron chi connectivity index (χ3n) is 4.56. The second-order valence-electron chi connectivity index (χ2n) is 6.07. The van der Waals surface area contributed by atoms with Gasteiger partial charge in [0, 0.05) is 12.2 Å². The van der Waals surface area contributed by atoms with Gasteiger partial charge in [0.1, 0.15) is 6.61 Å². The number of nitrogens with zero attached hydrogens (tertiary/aromatic N) is 2. The molecule has 2 aromatic carbocycles. The minimum absolute atomic E-state index is 0.223. The van der Waals surface area contributed by atoms with Gasteiger partial charge in [-0.2, -0.15) is 0 Å². The average molecular weight is 358 g/mol. The van der Waals surface area contributed by atoms with Crippen LogP contribution >= 0.6 is 0 Å². The summed E-state index contributed by atoms with van der Waals surface area (Å²) in [5.41, 5.74) is 2.44. The molecule has 0 N–H and O–H groups in total. The molecule has 2 aliphatic rings. The number of carbonyl (C=O) groups excluding carboxylic acids is 1. The number of ether oxygens (including phenoxy) is 1. The first-order chi connectivity index (χ1) is 12.1. The maximum Gasteiger partial charge on any atom is 0.414 e. The maximum atomic E-state index is 13.1. The molecule has 0 saturated carbocycles. The highest BCUT2D eigenvalue weighted by atomic mass is 32.2. The Balaban J connectivity index is 1.66. The third kappa shape index (κ3) is 2.74. The summed E-state index contributed by atoms with van der Waals surface area (Å²) in [5, 5.41) is 0. The fourth-order valence-electron chi connectivity index (χ4n) is 3.30. The summed E-state index contributed by atoms with van der Waals surface area (Å²) < 4.78 is 32.5. The van der Waals surface area contributed by atoms with Crippen LogP contribution in [-0.4, -0.2) is 34.2 Å². The Morgan fingerprint density at radius 3 is 2.44 bits per heavy atom. The number of benzene rings is 2. The average Bonchev–Trinajstić information content (AvgIpc) is 3.07. The number of cyclic esters (lactones) is 1. The van der Waals surface area contributed by atoms with Crippen LogP contribution in [0.1, 0.15) is 12.0 Å². The van der Waals surface area contributed by atoms with Crippen LogP contribution in [0.3, 0.4) is 0 Å². The van der Waals surface area contributed by atoms with Crippen molar-refractivity contribution >= 4 is 27.5 Å². The summed E-state index contributed by atoms with van der Waals surface area (Å²) in [6.07, 6.45) is 1.28. The van der Waals surface area contributed by atoms with Crippen molar-refractivity contribution in [3.8, 4) is 0 Å². The van der Waals surface area contributed by atoms with Crippen molar-refractivity contribution in [1.29, 1.82) is 0 Å². The van der Waals surface area contributed by atoms with E-state index in [-0.39, 0.29) is 4.90 Å². The van der Waals surface area contributed by atoms with Crippen molar-refractivity contribution in [2.45, 2.75) is 17.7 Å². The maximum absolute atomic E-state index is 13.1. The van der Waals surface area contributed by atoms with E-state index in [2.05, 4.69) is 0 Å². The molecule has 0 unspecified atom stereocenters. The number of rotatable bonds is 3. The van der Waals surface area contributed by atoms with Crippen molar-refractivity contribution in [1.82, 2.24) is 0 Å². The highest BCUT2D eigenvalue weighted by Crippen LogP contribution is 2.32. The summed E-state index contributed by atoms with van der Waals surface area (Å²) in [7, 11) is -3.63. The van der Waals surface area contributed by atoms with E-state index in [0.717, 1.165) is 24.1 Å². The Morgan fingerprint density at radius 1 is 0.960 bits per heavy atom. The van der Waals surface area contributed by atoms with Crippen molar-refractivity contribution in [3.05, 3.63) is 54.1 Å². The summed E-state index contributed by atoms with van der Waals surface area (Å²) in [6, 6.07) is 14.0. The van der Waals surface area contributed by atoms with Crippen LogP contribution in [0.4, 0.5) is 16.2 Å². The van der Waals surface area contributed by atoms with Gasteiger partial charge in [-0.05, 0) is 48.7 Å². The molecule has 130 valence electrons. The summed E-state index contributed by atoms with van der Waals surface area (Å²) in [6.45, 7) is 1.30. The third-order valence-corrected chi connectivity index (χ3v) is 6.39. The number of aryl methyl sites for hydroxylation is 1. The Morgan fingerprint density at radius 2 is 1.72 bits per heavy atom. The second kappa shape index (κ2) is 6.07. The summed E-state index contributed by atoms with van der Waals surface area (Å²) >= 11 is 0. The number of sulfonamides is 1. The van der Waals surface area contributed by atoms with E-state index in [1.54, 1.807) is 24.3 Å². The van der Waals surface area contributed by atoms with Gasteiger partial charge in [0.15, 0.2) is 0 Å². The van der Waals surface area contributed by atoms with Crippen LogP contribution in [0.25, 0.3) is 0 Å². The molecule has 0 radical (unpaired) electrons. The van der Waals surface area contributed by atoms with Crippen molar-refractivity contribution in [2.24, 2.45) is 0 Å². The smallest absolute Gasteiger partial charge is 0.414 e. The molecule has 1 saturated heterocycles. The predicted octanol–water partition coefficient (Wildman–Crippen LogP) is 2.78. The lowest BCUT2D eigenvalue weighted by molar-refractivity contribution is 0.181. The Bertz CT molecular complexity index is 909. The normalized spacial score (nSPS) is 17.4. The molecule has 7 heteroatoms. The monoisotopic (exact) mass is 358 g/mol. The lowest BCUT2D eigenvalue weighted by Crippen LogP contribution is -2.35. The fourth-order valence-corrected chi connectivity index (χ4v) is 4.84. The number of hydrogen-bond donors (Lipinski definition) is 0. The van der Waals surface area contributed by atoms with Crippen molar-refractivity contribution in [3.63, 3.8) is 0 Å². The molecular formula is C18H18N2O4S. The SMILES string of the molecule is O=C1OCCN1c1ccc(S(=O)(=O)N2CCCc3ccccc32)cc1. The molecule has 1 amide bonds. The van der Waals surface area contributed by atoms with Crippen LogP contribution < -0.4 is 9.21 Å². The number of anilines is 2. The van der Waals surface area contributed by atoms with Crippen molar-refractivity contribution < 1.29 is 17.9 Å². The quantitative estimate of drug-likeness (QED) is 0.846. The van der Waals surface area contributed by atoms with E-state index >= 15 is 0 Å². The van der Waals surface area contributed by atoms with Gasteiger partial charge in [0.05, 0.1) is 17.1 Å². The molecule has 0 bridgehead atoms. The van der Waals surface area contributed by atoms with Gasteiger partial charge >= 0.3 is 6.09 Å². The minimum atomic E-state index is -3.63. The van der Waals surface area contributed by atoms with Gasteiger partial charge in [-0.3, -0.25) is 9.21 Å². The van der Waals surface area contributed by atoms with Gasteiger partial charge < -0.3 is 4.74 Å². The van der Waals surface area contributed by atoms with Crippen LogP contribution in [0.15, 0.2) is 53.4 Å². The van der Waals surface area contributed by atoms with Crippen LogP contribution in [-0.2, 0) is 21.2 Å². The zero-order chi connectivity index (χ0) is 17.4. The molecule has 0 aromatic heterocycles. The number of hydrogen-bond acceptors (Lipinski definition) is 4. The minimum Gasteiger partial charge on any atom is -0.447 e. The van der Waals surface area contributed by atoms with E-state index in [1.807, 2.05) is 24.3 Å².